The van der Waals surface area contributed by atoms with Crippen LogP contribution in [0.4, 0.5) is 0 Å². The molecule has 0 saturated heterocycles. The van der Waals surface area contributed by atoms with Gasteiger partial charge in [-0.3, -0.25) is 10.1 Å². The van der Waals surface area contributed by atoms with Gasteiger partial charge in [0.15, 0.2) is 0 Å². The number of rotatable bonds is 4. The molecule has 112 valence electrons. The topological polar surface area (TPSA) is 81.6 Å². The number of aromatic hydroxyl groups is 2. The van der Waals surface area contributed by atoms with Gasteiger partial charge in [0, 0.05) is 11.6 Å². The number of carbonyl (C=O) groups excluding carboxylic acids is 1. The van der Waals surface area contributed by atoms with E-state index in [4.69, 9.17) is 0 Å². The minimum atomic E-state index is -0.441. The first-order valence-electron chi connectivity index (χ1n) is 6.70. The first kappa shape index (κ1) is 16.3. The Hall–Kier alpha value is -1.75. The largest absolute Gasteiger partial charge is 0.507 e. The monoisotopic (exact) mass is 280 g/mol. The molecule has 0 aliphatic rings. The number of carbonyl (C=O) groups is 1. The van der Waals surface area contributed by atoms with Gasteiger partial charge < -0.3 is 15.5 Å². The maximum absolute atomic E-state index is 12.0. The van der Waals surface area contributed by atoms with E-state index in [1.54, 1.807) is 19.9 Å². The molecule has 0 fully saturated rings. The van der Waals surface area contributed by atoms with E-state index in [2.05, 4.69) is 10.6 Å². The highest BCUT2D eigenvalue weighted by Crippen LogP contribution is 2.32. The minimum absolute atomic E-state index is 0.00781. The lowest BCUT2D eigenvalue weighted by atomic mass is 10.0. The summed E-state index contributed by atoms with van der Waals surface area (Å²) < 4.78 is 0. The average molecular weight is 280 g/mol. The fraction of sp³-hybridized carbons (Fsp3) is 0.533. The zero-order valence-electron chi connectivity index (χ0n) is 12.7. The van der Waals surface area contributed by atoms with E-state index in [1.807, 2.05) is 20.8 Å². The van der Waals surface area contributed by atoms with Crippen LogP contribution in [0.1, 0.15) is 46.2 Å². The molecule has 2 atom stereocenters. The summed E-state index contributed by atoms with van der Waals surface area (Å²) >= 11 is 0. The van der Waals surface area contributed by atoms with Gasteiger partial charge in [0.2, 0.25) is 5.91 Å². The molecule has 0 saturated carbocycles. The Labute approximate surface area is 120 Å². The summed E-state index contributed by atoms with van der Waals surface area (Å²) in [4.78, 5) is 12.0. The van der Waals surface area contributed by atoms with Crippen molar-refractivity contribution in [3.63, 3.8) is 0 Å². The molecule has 0 radical (unpaired) electrons. The molecule has 1 aromatic carbocycles. The standard InChI is InChI=1S/C15H24N2O3/c1-9(13-11(18)7-6-8-12(13)19)16-10(2)14(20)17-15(3,4)5/h6-10,16,18-19H,1-5H3,(H,17,20). The molecule has 0 bridgehead atoms. The number of phenols is 2. The number of hydrogen-bond donors (Lipinski definition) is 4. The summed E-state index contributed by atoms with van der Waals surface area (Å²) in [5.74, 6) is -0.110. The van der Waals surface area contributed by atoms with Crippen molar-refractivity contribution in [3.05, 3.63) is 23.8 Å². The normalized spacial score (nSPS) is 14.7. The first-order chi connectivity index (χ1) is 9.11. The molecule has 5 nitrogen and oxygen atoms in total. The molecular weight excluding hydrogens is 256 g/mol. The van der Waals surface area contributed by atoms with Gasteiger partial charge >= 0.3 is 0 Å². The molecule has 0 aliphatic carbocycles. The predicted molar refractivity (Wildman–Crippen MR) is 78.7 cm³/mol. The van der Waals surface area contributed by atoms with Crippen LogP contribution in [0.3, 0.4) is 0 Å². The Kier molecular flexibility index (Phi) is 5.00. The second-order valence-electron chi connectivity index (χ2n) is 6.06. The van der Waals surface area contributed by atoms with E-state index < -0.39 is 6.04 Å². The maximum Gasteiger partial charge on any atom is 0.237 e. The summed E-state index contributed by atoms with van der Waals surface area (Å²) in [6, 6.07) is 3.79. The Bertz CT molecular complexity index is 460. The molecule has 0 heterocycles. The van der Waals surface area contributed by atoms with E-state index >= 15 is 0 Å². The third kappa shape index (κ3) is 4.42. The second-order valence-corrected chi connectivity index (χ2v) is 6.06. The van der Waals surface area contributed by atoms with Crippen molar-refractivity contribution < 1.29 is 15.0 Å². The van der Waals surface area contributed by atoms with E-state index in [0.29, 0.717) is 5.56 Å². The molecular formula is C15H24N2O3. The van der Waals surface area contributed by atoms with Crippen LogP contribution in [-0.4, -0.2) is 27.7 Å². The smallest absolute Gasteiger partial charge is 0.237 e. The van der Waals surface area contributed by atoms with Gasteiger partial charge in [0.25, 0.3) is 0 Å². The quantitative estimate of drug-likeness (QED) is 0.680. The van der Waals surface area contributed by atoms with Gasteiger partial charge in [-0.25, -0.2) is 0 Å². The van der Waals surface area contributed by atoms with Crippen LogP contribution in [0, 0.1) is 0 Å². The highest BCUT2D eigenvalue weighted by molar-refractivity contribution is 5.82. The van der Waals surface area contributed by atoms with E-state index in [1.165, 1.54) is 12.1 Å². The van der Waals surface area contributed by atoms with Crippen LogP contribution in [0.15, 0.2) is 18.2 Å². The Morgan fingerprint density at radius 3 is 2.10 bits per heavy atom. The Morgan fingerprint density at radius 1 is 1.15 bits per heavy atom. The number of phenolic OH excluding ortho intramolecular Hbond substituents is 2. The number of amides is 1. The summed E-state index contributed by atoms with van der Waals surface area (Å²) in [5.41, 5.74) is 0.0933. The molecule has 2 unspecified atom stereocenters. The van der Waals surface area contributed by atoms with Crippen LogP contribution in [0.5, 0.6) is 11.5 Å². The van der Waals surface area contributed by atoms with E-state index in [0.717, 1.165) is 0 Å². The average Bonchev–Trinajstić information content (AvgIpc) is 2.26. The van der Waals surface area contributed by atoms with Crippen LogP contribution < -0.4 is 10.6 Å². The highest BCUT2D eigenvalue weighted by Gasteiger charge is 2.23. The van der Waals surface area contributed by atoms with Crippen molar-refractivity contribution in [2.24, 2.45) is 0 Å². The van der Waals surface area contributed by atoms with Crippen LogP contribution in [0.2, 0.25) is 0 Å². The summed E-state index contributed by atoms with van der Waals surface area (Å²) in [6.07, 6.45) is 0. The van der Waals surface area contributed by atoms with Crippen LogP contribution >= 0.6 is 0 Å². The fourth-order valence-corrected chi connectivity index (χ4v) is 2.00. The van der Waals surface area contributed by atoms with Crippen molar-refractivity contribution >= 4 is 5.91 Å². The molecule has 0 aliphatic heterocycles. The lowest BCUT2D eigenvalue weighted by molar-refractivity contribution is -0.124. The van der Waals surface area contributed by atoms with Crippen LogP contribution in [-0.2, 0) is 4.79 Å². The summed E-state index contributed by atoms with van der Waals surface area (Å²) in [6.45, 7) is 9.27. The van der Waals surface area contributed by atoms with Gasteiger partial charge in [0.05, 0.1) is 11.6 Å². The number of benzene rings is 1. The lowest BCUT2D eigenvalue weighted by Crippen LogP contribution is -2.49. The molecule has 0 spiro atoms. The molecule has 1 amide bonds. The fourth-order valence-electron chi connectivity index (χ4n) is 2.00. The van der Waals surface area contributed by atoms with E-state index in [9.17, 15) is 15.0 Å². The highest BCUT2D eigenvalue weighted by atomic mass is 16.3. The number of nitrogens with one attached hydrogen (secondary N) is 2. The van der Waals surface area contributed by atoms with Crippen LogP contribution in [0.25, 0.3) is 0 Å². The lowest BCUT2D eigenvalue weighted by Gasteiger charge is -2.26. The SMILES string of the molecule is CC(NC(C)c1c(O)cccc1O)C(=O)NC(C)(C)C. The minimum Gasteiger partial charge on any atom is -0.507 e. The van der Waals surface area contributed by atoms with Crippen molar-refractivity contribution in [1.82, 2.24) is 10.6 Å². The maximum atomic E-state index is 12.0. The Balaban J connectivity index is 2.75. The van der Waals surface area contributed by atoms with E-state index in [-0.39, 0.29) is 29.0 Å². The predicted octanol–water partition coefficient (Wildman–Crippen LogP) is 2.05. The Morgan fingerprint density at radius 2 is 1.65 bits per heavy atom. The molecule has 0 aromatic heterocycles. The van der Waals surface area contributed by atoms with Crippen molar-refractivity contribution in [1.29, 1.82) is 0 Å². The van der Waals surface area contributed by atoms with Crippen molar-refractivity contribution in [3.8, 4) is 11.5 Å². The number of hydrogen-bond acceptors (Lipinski definition) is 4. The van der Waals surface area contributed by atoms with Gasteiger partial charge in [-0.05, 0) is 46.8 Å². The van der Waals surface area contributed by atoms with Gasteiger partial charge in [0.1, 0.15) is 11.5 Å². The summed E-state index contributed by atoms with van der Waals surface area (Å²) in [7, 11) is 0. The van der Waals surface area contributed by atoms with Gasteiger partial charge in [-0.15, -0.1) is 0 Å². The van der Waals surface area contributed by atoms with Crippen molar-refractivity contribution in [2.75, 3.05) is 0 Å². The molecule has 5 heteroatoms. The summed E-state index contributed by atoms with van der Waals surface area (Å²) in [5, 5.41) is 25.5. The third-order valence-corrected chi connectivity index (χ3v) is 2.88. The zero-order chi connectivity index (χ0) is 15.5. The second kappa shape index (κ2) is 6.13. The third-order valence-electron chi connectivity index (χ3n) is 2.88. The molecule has 1 rings (SSSR count). The van der Waals surface area contributed by atoms with Crippen molar-refractivity contribution in [2.45, 2.75) is 52.2 Å². The van der Waals surface area contributed by atoms with Gasteiger partial charge in [-0.1, -0.05) is 6.07 Å². The zero-order valence-corrected chi connectivity index (χ0v) is 12.7. The molecule has 1 aromatic rings. The molecule has 4 N–H and O–H groups in total. The molecule has 20 heavy (non-hydrogen) atoms. The van der Waals surface area contributed by atoms with Gasteiger partial charge in [-0.2, -0.15) is 0 Å². The first-order valence-corrected chi connectivity index (χ1v) is 6.70.